The molecule has 0 aromatic heterocycles. The van der Waals surface area contributed by atoms with E-state index in [0.29, 0.717) is 11.6 Å². The van der Waals surface area contributed by atoms with Crippen molar-refractivity contribution in [1.82, 2.24) is 0 Å². The van der Waals surface area contributed by atoms with Gasteiger partial charge in [0.25, 0.3) is 0 Å². The first-order valence-corrected chi connectivity index (χ1v) is 7.37. The van der Waals surface area contributed by atoms with E-state index in [1.54, 1.807) is 6.07 Å². The highest BCUT2D eigenvalue weighted by atomic mass is 16.4. The molecule has 1 aliphatic rings. The number of piperidine rings is 1. The predicted octanol–water partition coefficient (Wildman–Crippen LogP) is 3.42. The van der Waals surface area contributed by atoms with E-state index in [1.807, 2.05) is 12.1 Å². The zero-order chi connectivity index (χ0) is 15.2. The molecule has 1 aromatic carbocycles. The summed E-state index contributed by atoms with van der Waals surface area (Å²) in [5, 5.41) is 18.1. The lowest BCUT2D eigenvalue weighted by Crippen LogP contribution is -2.39. The van der Waals surface area contributed by atoms with Crippen LogP contribution >= 0.6 is 0 Å². The fourth-order valence-corrected chi connectivity index (χ4v) is 2.91. The molecule has 1 aliphatic heterocycles. The van der Waals surface area contributed by atoms with E-state index in [1.165, 1.54) is 18.9 Å². The third kappa shape index (κ3) is 3.63. The predicted molar refractivity (Wildman–Crippen MR) is 83.1 cm³/mol. The number of rotatable bonds is 4. The number of aliphatic carboxylic acids is 1. The van der Waals surface area contributed by atoms with Crippen molar-refractivity contribution in [3.8, 4) is 6.07 Å². The Balaban J connectivity index is 2.31. The van der Waals surface area contributed by atoms with Crippen LogP contribution in [-0.4, -0.2) is 23.7 Å². The molecular formula is C17H20N2O2. The van der Waals surface area contributed by atoms with Crippen LogP contribution in [0.15, 0.2) is 24.3 Å². The fraction of sp³-hybridized carbons (Fsp3) is 0.412. The van der Waals surface area contributed by atoms with E-state index in [4.69, 9.17) is 5.11 Å². The van der Waals surface area contributed by atoms with Gasteiger partial charge in [0, 0.05) is 18.7 Å². The lowest BCUT2D eigenvalue weighted by molar-refractivity contribution is -0.131. The minimum Gasteiger partial charge on any atom is -0.478 e. The number of hydrogen-bond donors (Lipinski definition) is 1. The molecule has 1 unspecified atom stereocenters. The number of carboxylic acids is 1. The van der Waals surface area contributed by atoms with Gasteiger partial charge in [0.2, 0.25) is 0 Å². The highest BCUT2D eigenvalue weighted by Gasteiger charge is 2.23. The summed E-state index contributed by atoms with van der Waals surface area (Å²) in [5.41, 5.74) is 2.32. The molecule has 1 atom stereocenters. The molecular weight excluding hydrogens is 264 g/mol. The average Bonchev–Trinajstić information content (AvgIpc) is 2.52. The molecule has 1 heterocycles. The summed E-state index contributed by atoms with van der Waals surface area (Å²) in [6.07, 6.45) is 7.25. The van der Waals surface area contributed by atoms with Crippen molar-refractivity contribution in [2.75, 3.05) is 11.4 Å². The molecule has 0 amide bonds. The van der Waals surface area contributed by atoms with Crippen LogP contribution in [0.5, 0.6) is 0 Å². The summed E-state index contributed by atoms with van der Waals surface area (Å²) in [7, 11) is 0. The van der Waals surface area contributed by atoms with Crippen molar-refractivity contribution < 1.29 is 9.90 Å². The van der Waals surface area contributed by atoms with E-state index < -0.39 is 5.97 Å². The maximum Gasteiger partial charge on any atom is 0.328 e. The van der Waals surface area contributed by atoms with Crippen LogP contribution in [0.4, 0.5) is 5.69 Å². The maximum absolute atomic E-state index is 10.6. The van der Waals surface area contributed by atoms with Crippen molar-refractivity contribution in [3.05, 3.63) is 35.4 Å². The van der Waals surface area contributed by atoms with Gasteiger partial charge in [-0.25, -0.2) is 4.79 Å². The lowest BCUT2D eigenvalue weighted by Gasteiger charge is -2.37. The Morgan fingerprint density at radius 2 is 2.33 bits per heavy atom. The van der Waals surface area contributed by atoms with Crippen molar-refractivity contribution in [2.45, 2.75) is 38.6 Å². The summed E-state index contributed by atoms with van der Waals surface area (Å²) in [5.74, 6) is -0.986. The van der Waals surface area contributed by atoms with Gasteiger partial charge in [-0.2, -0.15) is 5.26 Å². The zero-order valence-electron chi connectivity index (χ0n) is 12.2. The summed E-state index contributed by atoms with van der Waals surface area (Å²) in [6.45, 7) is 3.16. The van der Waals surface area contributed by atoms with Gasteiger partial charge in [0.15, 0.2) is 0 Å². The first-order valence-electron chi connectivity index (χ1n) is 7.37. The number of anilines is 1. The summed E-state index contributed by atoms with van der Waals surface area (Å²) in [4.78, 5) is 12.9. The number of nitriles is 1. The average molecular weight is 284 g/mol. The van der Waals surface area contributed by atoms with Crippen molar-refractivity contribution in [1.29, 1.82) is 5.26 Å². The monoisotopic (exact) mass is 284 g/mol. The van der Waals surface area contributed by atoms with Crippen LogP contribution in [0.3, 0.4) is 0 Å². The van der Waals surface area contributed by atoms with Crippen LogP contribution in [0.25, 0.3) is 6.08 Å². The molecule has 110 valence electrons. The Labute approximate surface area is 125 Å². The van der Waals surface area contributed by atoms with E-state index in [2.05, 4.69) is 17.9 Å². The molecule has 4 nitrogen and oxygen atoms in total. The minimum absolute atomic E-state index is 0.492. The SMILES string of the molecule is CCC1CCCCN1c1ccc(/C=C/C(=O)O)cc1C#N. The van der Waals surface area contributed by atoms with Gasteiger partial charge < -0.3 is 10.0 Å². The fourth-order valence-electron chi connectivity index (χ4n) is 2.91. The normalized spacial score (nSPS) is 18.7. The molecule has 1 aromatic rings. The van der Waals surface area contributed by atoms with Gasteiger partial charge >= 0.3 is 5.97 Å². The van der Waals surface area contributed by atoms with E-state index >= 15 is 0 Å². The largest absolute Gasteiger partial charge is 0.478 e. The van der Waals surface area contributed by atoms with Gasteiger partial charge in [-0.05, 0) is 49.5 Å². The van der Waals surface area contributed by atoms with Crippen LogP contribution in [0.2, 0.25) is 0 Å². The van der Waals surface area contributed by atoms with Crippen molar-refractivity contribution >= 4 is 17.7 Å². The van der Waals surface area contributed by atoms with Crippen LogP contribution in [0.1, 0.15) is 43.7 Å². The summed E-state index contributed by atoms with van der Waals surface area (Å²) in [6, 6.07) is 8.31. The Morgan fingerprint density at radius 1 is 1.52 bits per heavy atom. The molecule has 1 saturated heterocycles. The molecule has 1 fully saturated rings. The smallest absolute Gasteiger partial charge is 0.328 e. The Hall–Kier alpha value is -2.28. The number of hydrogen-bond acceptors (Lipinski definition) is 3. The Bertz CT molecular complexity index is 587. The molecule has 0 spiro atoms. The molecule has 0 aliphatic carbocycles. The highest BCUT2D eigenvalue weighted by molar-refractivity contribution is 5.85. The first kappa shape index (κ1) is 15.1. The second-order valence-corrected chi connectivity index (χ2v) is 5.31. The van der Waals surface area contributed by atoms with Crippen molar-refractivity contribution in [3.63, 3.8) is 0 Å². The summed E-state index contributed by atoms with van der Waals surface area (Å²) >= 11 is 0. The van der Waals surface area contributed by atoms with Crippen LogP contribution < -0.4 is 4.90 Å². The van der Waals surface area contributed by atoms with Crippen molar-refractivity contribution in [2.24, 2.45) is 0 Å². The molecule has 0 radical (unpaired) electrons. The lowest BCUT2D eigenvalue weighted by atomic mass is 9.97. The number of benzene rings is 1. The van der Waals surface area contributed by atoms with Gasteiger partial charge in [-0.1, -0.05) is 13.0 Å². The van der Waals surface area contributed by atoms with Crippen LogP contribution in [0, 0.1) is 11.3 Å². The van der Waals surface area contributed by atoms with Gasteiger partial charge in [-0.15, -0.1) is 0 Å². The number of carboxylic acid groups (broad SMARTS) is 1. The minimum atomic E-state index is -0.986. The Morgan fingerprint density at radius 3 is 3.00 bits per heavy atom. The molecule has 2 rings (SSSR count). The van der Waals surface area contributed by atoms with E-state index in [9.17, 15) is 10.1 Å². The molecule has 0 bridgehead atoms. The second kappa shape index (κ2) is 6.94. The molecule has 1 N–H and O–H groups in total. The second-order valence-electron chi connectivity index (χ2n) is 5.31. The molecule has 4 heteroatoms. The van der Waals surface area contributed by atoms with Gasteiger partial charge in [0.1, 0.15) is 6.07 Å². The van der Waals surface area contributed by atoms with E-state index in [0.717, 1.165) is 36.7 Å². The third-order valence-corrected chi connectivity index (χ3v) is 3.97. The van der Waals surface area contributed by atoms with Gasteiger partial charge in [0.05, 0.1) is 11.3 Å². The Kier molecular flexibility index (Phi) is 4.99. The zero-order valence-corrected chi connectivity index (χ0v) is 12.2. The van der Waals surface area contributed by atoms with E-state index in [-0.39, 0.29) is 0 Å². The van der Waals surface area contributed by atoms with Crippen LogP contribution in [-0.2, 0) is 4.79 Å². The number of carbonyl (C=O) groups is 1. The van der Waals surface area contributed by atoms with Gasteiger partial charge in [-0.3, -0.25) is 0 Å². The third-order valence-electron chi connectivity index (χ3n) is 3.97. The quantitative estimate of drug-likeness (QED) is 0.860. The number of nitrogens with zero attached hydrogens (tertiary/aromatic N) is 2. The summed E-state index contributed by atoms with van der Waals surface area (Å²) < 4.78 is 0. The standard InChI is InChI=1S/C17H20N2O2/c1-2-15-5-3-4-10-19(15)16-8-6-13(7-9-17(20)21)11-14(16)12-18/h6-9,11,15H,2-5,10H2,1H3,(H,20,21)/b9-7+. The maximum atomic E-state index is 10.6. The molecule has 0 saturated carbocycles. The highest BCUT2D eigenvalue weighted by Crippen LogP contribution is 2.30. The topological polar surface area (TPSA) is 64.3 Å². The first-order chi connectivity index (χ1) is 10.2. The molecule has 21 heavy (non-hydrogen) atoms.